The SMILES string of the molecule is COc1cc(Br)c(CCC(=O)Nc2ccc(N(C)C)cc2)cc1OC. The maximum absolute atomic E-state index is 12.2. The Morgan fingerprint density at radius 1 is 1.08 bits per heavy atom. The molecule has 2 rings (SSSR count). The molecule has 0 atom stereocenters. The van der Waals surface area contributed by atoms with E-state index in [2.05, 4.69) is 21.2 Å². The third kappa shape index (κ3) is 5.13. The summed E-state index contributed by atoms with van der Waals surface area (Å²) in [6.07, 6.45) is 0.978. The highest BCUT2D eigenvalue weighted by atomic mass is 79.9. The number of benzene rings is 2. The van der Waals surface area contributed by atoms with Crippen LogP contribution in [0.15, 0.2) is 40.9 Å². The summed E-state index contributed by atoms with van der Waals surface area (Å²) >= 11 is 3.52. The van der Waals surface area contributed by atoms with E-state index < -0.39 is 0 Å². The number of methoxy groups -OCH3 is 2. The first-order valence-electron chi connectivity index (χ1n) is 7.92. The maximum atomic E-state index is 12.2. The minimum absolute atomic E-state index is 0.0284. The van der Waals surface area contributed by atoms with Crippen molar-refractivity contribution < 1.29 is 14.3 Å². The summed E-state index contributed by atoms with van der Waals surface area (Å²) in [5.41, 5.74) is 2.88. The molecule has 0 spiro atoms. The minimum Gasteiger partial charge on any atom is -0.493 e. The second-order valence-corrected chi connectivity index (χ2v) is 6.64. The molecule has 0 bridgehead atoms. The van der Waals surface area contributed by atoms with E-state index in [1.165, 1.54) is 0 Å². The topological polar surface area (TPSA) is 50.8 Å². The van der Waals surface area contributed by atoms with Crippen molar-refractivity contribution in [3.05, 3.63) is 46.4 Å². The lowest BCUT2D eigenvalue weighted by atomic mass is 10.1. The normalized spacial score (nSPS) is 10.3. The van der Waals surface area contributed by atoms with E-state index in [0.717, 1.165) is 21.4 Å². The fourth-order valence-corrected chi connectivity index (χ4v) is 2.92. The van der Waals surface area contributed by atoms with Crippen LogP contribution in [-0.2, 0) is 11.2 Å². The first-order valence-corrected chi connectivity index (χ1v) is 8.71. The van der Waals surface area contributed by atoms with Gasteiger partial charge in [0.1, 0.15) is 0 Å². The molecule has 0 unspecified atom stereocenters. The quantitative estimate of drug-likeness (QED) is 0.751. The van der Waals surface area contributed by atoms with Crippen LogP contribution in [0.2, 0.25) is 0 Å². The molecule has 2 aromatic carbocycles. The first-order chi connectivity index (χ1) is 11.9. The summed E-state index contributed by atoms with van der Waals surface area (Å²) in [4.78, 5) is 14.2. The zero-order valence-electron chi connectivity index (χ0n) is 14.9. The van der Waals surface area contributed by atoms with Gasteiger partial charge >= 0.3 is 0 Å². The van der Waals surface area contributed by atoms with Crippen molar-refractivity contribution in [3.8, 4) is 11.5 Å². The lowest BCUT2D eigenvalue weighted by Gasteiger charge is -2.13. The largest absolute Gasteiger partial charge is 0.493 e. The Bertz CT molecular complexity index is 730. The number of rotatable bonds is 7. The summed E-state index contributed by atoms with van der Waals surface area (Å²) in [6, 6.07) is 11.5. The van der Waals surface area contributed by atoms with Gasteiger partial charge in [-0.3, -0.25) is 4.79 Å². The lowest BCUT2D eigenvalue weighted by Crippen LogP contribution is -2.13. The number of nitrogens with one attached hydrogen (secondary N) is 1. The van der Waals surface area contributed by atoms with Crippen molar-refractivity contribution in [1.82, 2.24) is 0 Å². The van der Waals surface area contributed by atoms with Crippen LogP contribution < -0.4 is 19.7 Å². The van der Waals surface area contributed by atoms with Crippen molar-refractivity contribution in [2.45, 2.75) is 12.8 Å². The number of hydrogen-bond donors (Lipinski definition) is 1. The zero-order valence-corrected chi connectivity index (χ0v) is 16.5. The van der Waals surface area contributed by atoms with Crippen LogP contribution in [-0.4, -0.2) is 34.2 Å². The molecule has 0 aliphatic rings. The smallest absolute Gasteiger partial charge is 0.224 e. The summed E-state index contributed by atoms with van der Waals surface area (Å²) in [6.45, 7) is 0. The molecule has 0 fully saturated rings. The lowest BCUT2D eigenvalue weighted by molar-refractivity contribution is -0.116. The van der Waals surface area contributed by atoms with Gasteiger partial charge in [0.15, 0.2) is 11.5 Å². The highest BCUT2D eigenvalue weighted by molar-refractivity contribution is 9.10. The van der Waals surface area contributed by atoms with Crippen LogP contribution in [0.5, 0.6) is 11.5 Å². The van der Waals surface area contributed by atoms with Crippen LogP contribution >= 0.6 is 15.9 Å². The van der Waals surface area contributed by atoms with E-state index in [4.69, 9.17) is 9.47 Å². The Morgan fingerprint density at radius 2 is 1.68 bits per heavy atom. The Balaban J connectivity index is 1.97. The van der Waals surface area contributed by atoms with Gasteiger partial charge in [0.2, 0.25) is 5.91 Å². The first kappa shape index (κ1) is 19.1. The zero-order chi connectivity index (χ0) is 18.4. The van der Waals surface area contributed by atoms with Gasteiger partial charge in [0, 0.05) is 36.4 Å². The Kier molecular flexibility index (Phi) is 6.70. The van der Waals surface area contributed by atoms with Gasteiger partial charge in [0.05, 0.1) is 14.2 Å². The number of amides is 1. The fourth-order valence-electron chi connectivity index (χ4n) is 2.40. The maximum Gasteiger partial charge on any atom is 0.224 e. The Morgan fingerprint density at radius 3 is 2.24 bits per heavy atom. The van der Waals surface area contributed by atoms with E-state index in [1.807, 2.05) is 55.4 Å². The van der Waals surface area contributed by atoms with Crippen molar-refractivity contribution >= 4 is 33.2 Å². The van der Waals surface area contributed by atoms with Gasteiger partial charge in [-0.1, -0.05) is 15.9 Å². The fraction of sp³-hybridized carbons (Fsp3) is 0.316. The molecule has 0 saturated heterocycles. The number of anilines is 2. The number of aryl methyl sites for hydroxylation is 1. The third-order valence-corrected chi connectivity index (χ3v) is 4.58. The van der Waals surface area contributed by atoms with E-state index in [1.54, 1.807) is 14.2 Å². The Labute approximate surface area is 157 Å². The van der Waals surface area contributed by atoms with Crippen LogP contribution in [0.4, 0.5) is 11.4 Å². The van der Waals surface area contributed by atoms with Gasteiger partial charge in [-0.15, -0.1) is 0 Å². The van der Waals surface area contributed by atoms with E-state index >= 15 is 0 Å². The molecular formula is C19H23BrN2O3. The molecule has 0 aliphatic heterocycles. The standard InChI is InChI=1S/C19H23BrN2O3/c1-22(2)15-8-6-14(7-9-15)21-19(23)10-5-13-11-17(24-3)18(25-4)12-16(13)20/h6-9,11-12H,5,10H2,1-4H3,(H,21,23). The number of hydrogen-bond acceptors (Lipinski definition) is 4. The second-order valence-electron chi connectivity index (χ2n) is 5.79. The Hall–Kier alpha value is -2.21. The van der Waals surface area contributed by atoms with Gasteiger partial charge in [-0.2, -0.15) is 0 Å². The molecule has 0 aromatic heterocycles. The minimum atomic E-state index is -0.0284. The average molecular weight is 407 g/mol. The molecule has 25 heavy (non-hydrogen) atoms. The predicted octanol–water partition coefficient (Wildman–Crippen LogP) is 4.10. The third-order valence-electron chi connectivity index (χ3n) is 3.84. The molecule has 6 heteroatoms. The van der Waals surface area contributed by atoms with Crippen LogP contribution in [0.25, 0.3) is 0 Å². The average Bonchev–Trinajstić information content (AvgIpc) is 2.60. The molecule has 0 saturated carbocycles. The van der Waals surface area contributed by atoms with E-state index in [9.17, 15) is 4.79 Å². The van der Waals surface area contributed by atoms with Gasteiger partial charge in [0.25, 0.3) is 0 Å². The van der Waals surface area contributed by atoms with Crippen molar-refractivity contribution in [2.24, 2.45) is 0 Å². The second kappa shape index (κ2) is 8.76. The van der Waals surface area contributed by atoms with Crippen molar-refractivity contribution in [2.75, 3.05) is 38.5 Å². The van der Waals surface area contributed by atoms with Crippen LogP contribution in [0.3, 0.4) is 0 Å². The highest BCUT2D eigenvalue weighted by Gasteiger charge is 2.11. The monoisotopic (exact) mass is 406 g/mol. The number of ether oxygens (including phenoxy) is 2. The molecular weight excluding hydrogens is 384 g/mol. The van der Waals surface area contributed by atoms with E-state index in [0.29, 0.717) is 24.3 Å². The van der Waals surface area contributed by atoms with Crippen molar-refractivity contribution in [1.29, 1.82) is 0 Å². The number of halogens is 1. The molecule has 2 aromatic rings. The number of carbonyl (C=O) groups excluding carboxylic acids is 1. The molecule has 0 heterocycles. The van der Waals surface area contributed by atoms with Crippen molar-refractivity contribution in [3.63, 3.8) is 0 Å². The number of carbonyl (C=O) groups is 1. The predicted molar refractivity (Wildman–Crippen MR) is 105 cm³/mol. The molecule has 5 nitrogen and oxygen atoms in total. The molecule has 0 radical (unpaired) electrons. The van der Waals surface area contributed by atoms with Gasteiger partial charge in [-0.05, 0) is 48.4 Å². The summed E-state index contributed by atoms with van der Waals surface area (Å²) < 4.78 is 11.5. The van der Waals surface area contributed by atoms with Gasteiger partial charge < -0.3 is 19.7 Å². The molecule has 0 aliphatic carbocycles. The van der Waals surface area contributed by atoms with E-state index in [-0.39, 0.29) is 5.91 Å². The molecule has 1 N–H and O–H groups in total. The molecule has 134 valence electrons. The molecule has 1 amide bonds. The summed E-state index contributed by atoms with van der Waals surface area (Å²) in [5, 5.41) is 2.92. The van der Waals surface area contributed by atoms with Gasteiger partial charge in [-0.25, -0.2) is 0 Å². The number of nitrogens with zero attached hydrogens (tertiary/aromatic N) is 1. The summed E-state index contributed by atoms with van der Waals surface area (Å²) in [5.74, 6) is 1.28. The summed E-state index contributed by atoms with van der Waals surface area (Å²) in [7, 11) is 7.15. The van der Waals surface area contributed by atoms with Crippen LogP contribution in [0.1, 0.15) is 12.0 Å². The van der Waals surface area contributed by atoms with Crippen LogP contribution in [0, 0.1) is 0 Å². The highest BCUT2D eigenvalue weighted by Crippen LogP contribution is 2.33.